The highest BCUT2D eigenvalue weighted by Gasteiger charge is 2.23. The highest BCUT2D eigenvalue weighted by molar-refractivity contribution is 5.77. The maximum Gasteiger partial charge on any atom is 0.348 e. The number of aromatic nitrogens is 6. The Morgan fingerprint density at radius 3 is 1.32 bits per heavy atom. The van der Waals surface area contributed by atoms with Crippen LogP contribution in [0.4, 0.5) is 26.3 Å². The van der Waals surface area contributed by atoms with Crippen LogP contribution in [0.25, 0.3) is 0 Å². The SMILES string of the molecule is CCc1ccc(Cc2nn(COC(=O)CCC(=O)OCn3nc(Cc4ccc(CC)c(Oc5cc(C#N)cc(C(F)F)c5)c4F)n(C)c3=O)c(=O)n2C)c(F)c1Oc1cc(C#N)cc(C(F)F)c1. The summed E-state index contributed by atoms with van der Waals surface area (Å²) in [4.78, 5) is 51.0. The maximum atomic E-state index is 16.0. The highest BCUT2D eigenvalue weighted by Crippen LogP contribution is 2.36. The molecular formula is C46H40F6N8O8. The van der Waals surface area contributed by atoms with Crippen LogP contribution in [0.1, 0.15) is 95.7 Å². The van der Waals surface area contributed by atoms with Gasteiger partial charge in [0.25, 0.3) is 12.9 Å². The largest absolute Gasteiger partial charge is 0.454 e. The van der Waals surface area contributed by atoms with Crippen LogP contribution in [0.2, 0.25) is 0 Å². The molecule has 0 saturated carbocycles. The standard InChI is InChI=1S/C46H40F6N8O8/c1-5-27-7-9-29(39(47)41(27)67-33-15-25(21-53)13-31(17-33)43(49)50)19-35-55-59(45(63)57(35)3)23-65-37(61)11-12-38(62)66-24-60-46(64)58(4)36(56-60)20-30-10-8-28(6-2)42(40(30)48)68-34-16-26(22-54)14-32(18-34)44(51)52/h7-10,13-18,43-44H,5-6,11-12,19-20,23-24H2,1-4H3. The molecule has 4 aromatic carbocycles. The number of nitriles is 2. The lowest BCUT2D eigenvalue weighted by atomic mass is 10.0. The summed E-state index contributed by atoms with van der Waals surface area (Å²) in [5, 5.41) is 26.9. The van der Waals surface area contributed by atoms with E-state index in [4.69, 9.17) is 18.9 Å². The van der Waals surface area contributed by atoms with Crippen LogP contribution in [-0.2, 0) is 72.3 Å². The fourth-order valence-corrected chi connectivity index (χ4v) is 6.80. The first-order valence-electron chi connectivity index (χ1n) is 20.6. The molecular weight excluding hydrogens is 907 g/mol. The third kappa shape index (κ3) is 11.3. The van der Waals surface area contributed by atoms with E-state index in [1.54, 1.807) is 38.1 Å². The highest BCUT2D eigenvalue weighted by atomic mass is 19.3. The normalized spacial score (nSPS) is 11.1. The molecule has 0 amide bonds. The second kappa shape index (κ2) is 21.4. The average molecular weight is 947 g/mol. The quantitative estimate of drug-likeness (QED) is 0.0566. The minimum Gasteiger partial charge on any atom is -0.454 e. The summed E-state index contributed by atoms with van der Waals surface area (Å²) >= 11 is 0. The second-order valence-corrected chi connectivity index (χ2v) is 15.0. The van der Waals surface area contributed by atoms with Crippen LogP contribution < -0.4 is 20.9 Å². The molecule has 0 atom stereocenters. The molecule has 16 nitrogen and oxygen atoms in total. The fourth-order valence-electron chi connectivity index (χ4n) is 6.80. The summed E-state index contributed by atoms with van der Waals surface area (Å²) in [7, 11) is 2.71. The van der Waals surface area contributed by atoms with Crippen LogP contribution in [0.5, 0.6) is 23.0 Å². The molecule has 2 heterocycles. The minimum absolute atomic E-state index is 0.0229. The van der Waals surface area contributed by atoms with Crippen molar-refractivity contribution in [3.05, 3.63) is 149 Å². The molecule has 2 aromatic heterocycles. The number of carbonyl (C=O) groups is 2. The van der Waals surface area contributed by atoms with Gasteiger partial charge in [-0.25, -0.2) is 35.9 Å². The summed E-state index contributed by atoms with van der Waals surface area (Å²) in [6.07, 6.45) is -6.74. The van der Waals surface area contributed by atoms with Gasteiger partial charge >= 0.3 is 23.3 Å². The molecule has 0 saturated heterocycles. The molecule has 6 rings (SSSR count). The van der Waals surface area contributed by atoms with Crippen LogP contribution in [0.3, 0.4) is 0 Å². The van der Waals surface area contributed by atoms with Gasteiger partial charge in [0.05, 0.1) is 36.1 Å². The zero-order chi connectivity index (χ0) is 49.4. The number of benzene rings is 4. The van der Waals surface area contributed by atoms with Gasteiger partial charge in [0.2, 0.25) is 0 Å². The van der Waals surface area contributed by atoms with Crippen molar-refractivity contribution in [2.75, 3.05) is 0 Å². The first-order chi connectivity index (χ1) is 32.4. The van der Waals surface area contributed by atoms with E-state index in [-0.39, 0.29) is 69.7 Å². The summed E-state index contributed by atoms with van der Waals surface area (Å²) in [5.41, 5.74) is -1.82. The molecule has 6 aromatic rings. The minimum atomic E-state index is -2.91. The Kier molecular flexibility index (Phi) is 15.5. The fraction of sp³-hybridized carbons (Fsp3) is 0.304. The van der Waals surface area contributed by atoms with E-state index in [9.17, 15) is 47.3 Å². The van der Waals surface area contributed by atoms with Crippen molar-refractivity contribution < 1.29 is 54.9 Å². The van der Waals surface area contributed by atoms with E-state index in [0.717, 1.165) is 42.8 Å². The first-order valence-corrected chi connectivity index (χ1v) is 20.6. The Hall–Kier alpha value is -8.14. The van der Waals surface area contributed by atoms with Gasteiger partial charge in [-0.3, -0.25) is 18.7 Å². The second-order valence-electron chi connectivity index (χ2n) is 15.0. The monoisotopic (exact) mass is 946 g/mol. The number of hydrogen-bond donors (Lipinski definition) is 0. The van der Waals surface area contributed by atoms with Crippen LogP contribution in [0.15, 0.2) is 70.3 Å². The van der Waals surface area contributed by atoms with Crippen LogP contribution >= 0.6 is 0 Å². The van der Waals surface area contributed by atoms with Gasteiger partial charge in [-0.05, 0) is 71.5 Å². The lowest BCUT2D eigenvalue weighted by molar-refractivity contribution is -0.154. The number of hydrogen-bond acceptors (Lipinski definition) is 12. The first kappa shape index (κ1) is 49.3. The Morgan fingerprint density at radius 1 is 0.618 bits per heavy atom. The smallest absolute Gasteiger partial charge is 0.348 e. The van der Waals surface area contributed by atoms with E-state index in [1.165, 1.54) is 38.4 Å². The molecule has 0 aliphatic heterocycles. The Balaban J connectivity index is 1.04. The number of aryl methyl sites for hydroxylation is 2. The van der Waals surface area contributed by atoms with E-state index >= 15 is 8.78 Å². The van der Waals surface area contributed by atoms with Gasteiger partial charge in [-0.2, -0.15) is 30.1 Å². The maximum absolute atomic E-state index is 16.0. The predicted octanol–water partition coefficient (Wildman–Crippen LogP) is 7.75. The molecule has 0 radical (unpaired) electrons. The molecule has 0 N–H and O–H groups in total. The van der Waals surface area contributed by atoms with Gasteiger partial charge < -0.3 is 18.9 Å². The summed E-state index contributed by atoms with van der Waals surface area (Å²) < 4.78 is 111. The number of rotatable bonds is 19. The molecule has 0 unspecified atom stereocenters. The number of nitrogens with zero attached hydrogens (tertiary/aromatic N) is 8. The molecule has 0 aliphatic carbocycles. The van der Waals surface area contributed by atoms with Crippen molar-refractivity contribution in [1.29, 1.82) is 10.5 Å². The number of carbonyl (C=O) groups excluding carboxylic acids is 2. The Labute approximate surface area is 382 Å². The van der Waals surface area contributed by atoms with Crippen molar-refractivity contribution in [2.24, 2.45) is 14.1 Å². The molecule has 0 fully saturated rings. The molecule has 0 bridgehead atoms. The van der Waals surface area contributed by atoms with E-state index < -0.39 is 85.2 Å². The van der Waals surface area contributed by atoms with Gasteiger partial charge in [0.15, 0.2) is 36.6 Å². The summed E-state index contributed by atoms with van der Waals surface area (Å²) in [6, 6.07) is 16.0. The topological polar surface area (TPSA) is 198 Å². The number of esters is 2. The Bertz CT molecular complexity index is 2890. The third-order valence-corrected chi connectivity index (χ3v) is 10.5. The zero-order valence-corrected chi connectivity index (χ0v) is 36.7. The number of alkyl halides is 4. The summed E-state index contributed by atoms with van der Waals surface area (Å²) in [5.74, 6) is -4.35. The molecule has 22 heteroatoms. The average Bonchev–Trinajstić information content (AvgIpc) is 3.75. The lowest BCUT2D eigenvalue weighted by Gasteiger charge is -2.15. The zero-order valence-electron chi connectivity index (χ0n) is 36.7. The summed E-state index contributed by atoms with van der Waals surface area (Å²) in [6.45, 7) is 2.10. The number of halogens is 6. The molecule has 0 spiro atoms. The molecule has 68 heavy (non-hydrogen) atoms. The van der Waals surface area contributed by atoms with Gasteiger partial charge in [-0.15, -0.1) is 0 Å². The van der Waals surface area contributed by atoms with Crippen molar-refractivity contribution in [1.82, 2.24) is 28.7 Å². The van der Waals surface area contributed by atoms with Crippen LogP contribution in [0, 0.1) is 34.3 Å². The lowest BCUT2D eigenvalue weighted by Crippen LogP contribution is -2.26. The van der Waals surface area contributed by atoms with Crippen molar-refractivity contribution in [3.8, 4) is 35.1 Å². The van der Waals surface area contributed by atoms with Crippen molar-refractivity contribution >= 4 is 11.9 Å². The molecule has 0 aliphatic rings. The van der Waals surface area contributed by atoms with Crippen molar-refractivity contribution in [2.45, 2.75) is 78.7 Å². The van der Waals surface area contributed by atoms with E-state index in [2.05, 4.69) is 10.2 Å². The predicted molar refractivity (Wildman–Crippen MR) is 226 cm³/mol. The third-order valence-electron chi connectivity index (χ3n) is 10.5. The van der Waals surface area contributed by atoms with Crippen LogP contribution in [-0.4, -0.2) is 40.6 Å². The van der Waals surface area contributed by atoms with E-state index in [1.807, 2.05) is 0 Å². The number of ether oxygens (including phenoxy) is 4. The van der Waals surface area contributed by atoms with E-state index in [0.29, 0.717) is 24.0 Å². The van der Waals surface area contributed by atoms with Gasteiger partial charge in [0, 0.05) is 38.1 Å². The molecule has 354 valence electrons. The Morgan fingerprint density at radius 2 is 0.985 bits per heavy atom. The van der Waals surface area contributed by atoms with Gasteiger partial charge in [-0.1, -0.05) is 38.1 Å². The van der Waals surface area contributed by atoms with Gasteiger partial charge in [0.1, 0.15) is 23.1 Å². The van der Waals surface area contributed by atoms with Crippen molar-refractivity contribution in [3.63, 3.8) is 0 Å².